The zero-order valence-electron chi connectivity index (χ0n) is 16.9. The van der Waals surface area contributed by atoms with E-state index < -0.39 is 23.2 Å². The SMILES string of the molecule is COCCCNC(=O)C1CSC(c2ccc(C(F)(F)F)cc2)N1C(=O)c1ccccc1. The molecule has 0 aromatic heterocycles. The maximum atomic E-state index is 13.3. The van der Waals surface area contributed by atoms with Gasteiger partial charge in [0.1, 0.15) is 11.4 Å². The maximum absolute atomic E-state index is 13.3. The standard InChI is InChI=1S/C22H23F3N2O3S/c1-30-13-5-12-26-19(28)18-14-31-21(16-8-10-17(11-9-16)22(23,24)25)27(18)20(29)15-6-3-2-4-7-15/h2-4,6-11,18,21H,5,12-14H2,1H3,(H,26,28). The molecule has 5 nitrogen and oxygen atoms in total. The molecule has 2 aromatic rings. The number of hydrogen-bond donors (Lipinski definition) is 1. The third kappa shape index (κ3) is 5.59. The van der Waals surface area contributed by atoms with E-state index in [0.717, 1.165) is 12.1 Å². The summed E-state index contributed by atoms with van der Waals surface area (Å²) < 4.78 is 43.8. The van der Waals surface area contributed by atoms with E-state index in [1.54, 1.807) is 37.4 Å². The predicted molar refractivity (Wildman–Crippen MR) is 113 cm³/mol. The number of thioether (sulfide) groups is 1. The van der Waals surface area contributed by atoms with Gasteiger partial charge in [-0.15, -0.1) is 11.8 Å². The largest absolute Gasteiger partial charge is 0.416 e. The van der Waals surface area contributed by atoms with Crippen LogP contribution in [-0.4, -0.2) is 48.8 Å². The monoisotopic (exact) mass is 452 g/mol. The summed E-state index contributed by atoms with van der Waals surface area (Å²) in [5.74, 6) is -0.282. The molecular formula is C22H23F3N2O3S. The van der Waals surface area contributed by atoms with Crippen molar-refractivity contribution in [2.45, 2.75) is 24.0 Å². The number of nitrogens with one attached hydrogen (secondary N) is 1. The van der Waals surface area contributed by atoms with Gasteiger partial charge in [0.05, 0.1) is 5.56 Å². The highest BCUT2D eigenvalue weighted by Crippen LogP contribution is 2.43. The van der Waals surface area contributed by atoms with Gasteiger partial charge in [-0.05, 0) is 36.2 Å². The molecule has 1 saturated heterocycles. The number of alkyl halides is 3. The Morgan fingerprint density at radius 3 is 2.42 bits per heavy atom. The molecule has 2 aromatic carbocycles. The summed E-state index contributed by atoms with van der Waals surface area (Å²) in [7, 11) is 1.57. The topological polar surface area (TPSA) is 58.6 Å². The molecule has 3 rings (SSSR count). The van der Waals surface area contributed by atoms with Crippen LogP contribution >= 0.6 is 11.8 Å². The molecule has 9 heteroatoms. The number of methoxy groups -OCH3 is 1. The molecule has 0 saturated carbocycles. The summed E-state index contributed by atoms with van der Waals surface area (Å²) in [6.07, 6.45) is -3.80. The minimum Gasteiger partial charge on any atom is -0.385 e. The Morgan fingerprint density at radius 1 is 1.13 bits per heavy atom. The second-order valence-corrected chi connectivity index (χ2v) is 8.15. The van der Waals surface area contributed by atoms with Crippen LogP contribution in [0, 0.1) is 0 Å². The van der Waals surface area contributed by atoms with E-state index >= 15 is 0 Å². The molecule has 0 spiro atoms. The molecule has 1 aliphatic heterocycles. The summed E-state index contributed by atoms with van der Waals surface area (Å²) in [4.78, 5) is 27.6. The summed E-state index contributed by atoms with van der Waals surface area (Å²) in [6.45, 7) is 0.909. The third-order valence-electron chi connectivity index (χ3n) is 4.91. The van der Waals surface area contributed by atoms with Crippen LogP contribution in [0.4, 0.5) is 13.2 Å². The van der Waals surface area contributed by atoms with Crippen molar-refractivity contribution in [3.8, 4) is 0 Å². The van der Waals surface area contributed by atoms with Gasteiger partial charge in [-0.3, -0.25) is 9.59 Å². The van der Waals surface area contributed by atoms with E-state index in [4.69, 9.17) is 4.74 Å². The first-order chi connectivity index (χ1) is 14.8. The van der Waals surface area contributed by atoms with E-state index in [9.17, 15) is 22.8 Å². The highest BCUT2D eigenvalue weighted by molar-refractivity contribution is 7.99. The number of carbonyl (C=O) groups excluding carboxylic acids is 2. The number of ether oxygens (including phenoxy) is 1. The van der Waals surface area contributed by atoms with Crippen molar-refractivity contribution in [1.29, 1.82) is 0 Å². The number of amides is 2. The van der Waals surface area contributed by atoms with E-state index in [1.165, 1.54) is 28.8 Å². The summed E-state index contributed by atoms with van der Waals surface area (Å²) >= 11 is 1.36. The van der Waals surface area contributed by atoms with Gasteiger partial charge in [-0.2, -0.15) is 13.2 Å². The number of benzene rings is 2. The molecule has 0 aliphatic carbocycles. The van der Waals surface area contributed by atoms with Crippen molar-refractivity contribution in [2.24, 2.45) is 0 Å². The van der Waals surface area contributed by atoms with Gasteiger partial charge in [-0.1, -0.05) is 30.3 Å². The zero-order chi connectivity index (χ0) is 22.4. The van der Waals surface area contributed by atoms with E-state index in [1.807, 2.05) is 0 Å². The number of nitrogens with zero attached hydrogens (tertiary/aromatic N) is 1. The fourth-order valence-corrected chi connectivity index (χ4v) is 4.76. The lowest BCUT2D eigenvalue weighted by atomic mass is 10.1. The minimum atomic E-state index is -4.44. The Bertz CT molecular complexity index is 891. The first-order valence-corrected chi connectivity index (χ1v) is 10.8. The molecule has 31 heavy (non-hydrogen) atoms. The molecule has 1 heterocycles. The summed E-state index contributed by atoms with van der Waals surface area (Å²) in [5, 5.41) is 2.26. The smallest absolute Gasteiger partial charge is 0.385 e. The Hall–Kier alpha value is -2.52. The van der Waals surface area contributed by atoms with Crippen LogP contribution in [0.1, 0.15) is 33.3 Å². The minimum absolute atomic E-state index is 0.290. The van der Waals surface area contributed by atoms with Crippen LogP contribution in [0.25, 0.3) is 0 Å². The Balaban J connectivity index is 1.86. The van der Waals surface area contributed by atoms with Crippen LogP contribution in [0.3, 0.4) is 0 Å². The Labute approximate surface area is 182 Å². The van der Waals surface area contributed by atoms with E-state index in [2.05, 4.69) is 5.32 Å². The van der Waals surface area contributed by atoms with Crippen molar-refractivity contribution in [1.82, 2.24) is 10.2 Å². The van der Waals surface area contributed by atoms with Gasteiger partial charge in [0.15, 0.2) is 0 Å². The first-order valence-electron chi connectivity index (χ1n) is 9.76. The number of carbonyl (C=O) groups is 2. The predicted octanol–water partition coefficient (Wildman–Crippen LogP) is 4.11. The van der Waals surface area contributed by atoms with Gasteiger partial charge in [0, 0.05) is 31.6 Å². The quantitative estimate of drug-likeness (QED) is 0.643. The van der Waals surface area contributed by atoms with Crippen LogP contribution in [0.2, 0.25) is 0 Å². The van der Waals surface area contributed by atoms with Crippen LogP contribution in [-0.2, 0) is 15.7 Å². The van der Waals surface area contributed by atoms with Gasteiger partial charge in [0.25, 0.3) is 5.91 Å². The zero-order valence-corrected chi connectivity index (χ0v) is 17.7. The second kappa shape index (κ2) is 10.2. The summed E-state index contributed by atoms with van der Waals surface area (Å²) in [5.41, 5.74) is 0.198. The van der Waals surface area contributed by atoms with Gasteiger partial charge in [0.2, 0.25) is 5.91 Å². The van der Waals surface area contributed by atoms with Crippen molar-refractivity contribution in [3.05, 3.63) is 71.3 Å². The molecule has 2 unspecified atom stereocenters. The third-order valence-corrected chi connectivity index (χ3v) is 6.23. The fourth-order valence-electron chi connectivity index (χ4n) is 3.33. The van der Waals surface area contributed by atoms with E-state index in [-0.39, 0.29) is 11.8 Å². The molecule has 166 valence electrons. The lowest BCUT2D eigenvalue weighted by molar-refractivity contribution is -0.137. The van der Waals surface area contributed by atoms with Crippen molar-refractivity contribution < 1.29 is 27.5 Å². The molecule has 1 aliphatic rings. The highest BCUT2D eigenvalue weighted by Gasteiger charge is 2.42. The molecule has 2 atom stereocenters. The molecular weight excluding hydrogens is 429 g/mol. The fraction of sp³-hybridized carbons (Fsp3) is 0.364. The number of hydrogen-bond acceptors (Lipinski definition) is 4. The lowest BCUT2D eigenvalue weighted by Crippen LogP contribution is -2.48. The maximum Gasteiger partial charge on any atom is 0.416 e. The summed E-state index contributed by atoms with van der Waals surface area (Å²) in [6, 6.07) is 12.5. The van der Waals surface area contributed by atoms with Gasteiger partial charge < -0.3 is 15.0 Å². The molecule has 1 fully saturated rings. The van der Waals surface area contributed by atoms with Crippen molar-refractivity contribution in [2.75, 3.05) is 26.0 Å². The Kier molecular flexibility index (Phi) is 7.61. The average molecular weight is 452 g/mol. The normalized spacial score (nSPS) is 18.8. The van der Waals surface area contributed by atoms with Crippen LogP contribution in [0.5, 0.6) is 0 Å². The van der Waals surface area contributed by atoms with Gasteiger partial charge in [-0.25, -0.2) is 0 Å². The number of halogens is 3. The average Bonchev–Trinajstić information content (AvgIpc) is 3.21. The van der Waals surface area contributed by atoms with Crippen molar-refractivity contribution >= 4 is 23.6 Å². The molecule has 0 radical (unpaired) electrons. The number of rotatable bonds is 7. The Morgan fingerprint density at radius 2 is 1.81 bits per heavy atom. The van der Waals surface area contributed by atoms with Crippen LogP contribution < -0.4 is 5.32 Å². The molecule has 1 N–H and O–H groups in total. The second-order valence-electron chi connectivity index (χ2n) is 7.04. The van der Waals surface area contributed by atoms with Crippen LogP contribution in [0.15, 0.2) is 54.6 Å². The van der Waals surface area contributed by atoms with Gasteiger partial charge >= 0.3 is 6.18 Å². The van der Waals surface area contributed by atoms with Crippen molar-refractivity contribution in [3.63, 3.8) is 0 Å². The highest BCUT2D eigenvalue weighted by atomic mass is 32.2. The molecule has 2 amide bonds. The molecule has 0 bridgehead atoms. The first kappa shape index (κ1) is 23.1. The lowest BCUT2D eigenvalue weighted by Gasteiger charge is -2.29. The van der Waals surface area contributed by atoms with E-state index in [0.29, 0.717) is 36.5 Å².